The van der Waals surface area contributed by atoms with Gasteiger partial charge in [0.25, 0.3) is 0 Å². The van der Waals surface area contributed by atoms with Crippen LogP contribution in [0.1, 0.15) is 112 Å². The van der Waals surface area contributed by atoms with Crippen molar-refractivity contribution in [1.82, 2.24) is 0 Å². The lowest BCUT2D eigenvalue weighted by atomic mass is 9.82. The van der Waals surface area contributed by atoms with Crippen molar-refractivity contribution in [2.75, 3.05) is 0 Å². The predicted molar refractivity (Wildman–Crippen MR) is 115 cm³/mol. The summed E-state index contributed by atoms with van der Waals surface area (Å²) in [7, 11) is 0. The lowest BCUT2D eigenvalue weighted by Crippen LogP contribution is -2.37. The molecular weight excluding hydrogens is 332 g/mol. The molecule has 1 aliphatic rings. The maximum atomic E-state index is 12.1. The number of carbonyl (C=O) groups is 1. The Kier molecular flexibility index (Phi) is 7.54. The van der Waals surface area contributed by atoms with Crippen LogP contribution in [0.3, 0.4) is 0 Å². The van der Waals surface area contributed by atoms with Gasteiger partial charge < -0.3 is 4.74 Å². The van der Waals surface area contributed by atoms with Gasteiger partial charge in [-0.05, 0) is 88.5 Å². The molecule has 0 N–H and O–H groups in total. The zero-order valence-electron chi connectivity index (χ0n) is 18.8. The molecule has 0 aromatic heterocycles. The third-order valence-corrected chi connectivity index (χ3v) is 6.47. The Morgan fingerprint density at radius 3 is 2.26 bits per heavy atom. The molecule has 1 aliphatic heterocycles. The lowest BCUT2D eigenvalue weighted by molar-refractivity contribution is 0.0523. The van der Waals surface area contributed by atoms with Gasteiger partial charge in [0.05, 0.1) is 0 Å². The van der Waals surface area contributed by atoms with Gasteiger partial charge in [-0.1, -0.05) is 46.0 Å². The Morgan fingerprint density at radius 2 is 1.63 bits per heavy atom. The number of hydrogen-bond donors (Lipinski definition) is 0. The van der Waals surface area contributed by atoms with E-state index in [-0.39, 0.29) is 11.4 Å². The van der Waals surface area contributed by atoms with Crippen LogP contribution >= 0.6 is 0 Å². The van der Waals surface area contributed by atoms with E-state index in [4.69, 9.17) is 4.74 Å². The van der Waals surface area contributed by atoms with E-state index in [2.05, 4.69) is 41.5 Å². The fraction of sp³-hybridized carbons (Fsp3) is 0.720. The maximum absolute atomic E-state index is 12.1. The molecule has 2 heteroatoms. The van der Waals surface area contributed by atoms with Gasteiger partial charge in [0.1, 0.15) is 11.4 Å². The first-order valence-corrected chi connectivity index (χ1v) is 11.0. The van der Waals surface area contributed by atoms with Crippen molar-refractivity contribution in [2.45, 2.75) is 112 Å². The van der Waals surface area contributed by atoms with Gasteiger partial charge in [-0.25, -0.2) is 0 Å². The second-order valence-corrected chi connectivity index (χ2v) is 9.37. The minimum absolute atomic E-state index is 0.0632. The molecule has 0 aliphatic carbocycles. The van der Waals surface area contributed by atoms with Crippen molar-refractivity contribution in [3.05, 3.63) is 27.8 Å². The first kappa shape index (κ1) is 22.0. The van der Waals surface area contributed by atoms with Crippen LogP contribution in [-0.4, -0.2) is 11.4 Å². The normalized spacial score (nSPS) is 19.1. The number of fused-ring (bicyclic) bond motifs is 1. The topological polar surface area (TPSA) is 26.3 Å². The highest BCUT2D eigenvalue weighted by Crippen LogP contribution is 2.42. The average molecular weight is 373 g/mol. The Balaban J connectivity index is 1.98. The van der Waals surface area contributed by atoms with Crippen LogP contribution in [0.25, 0.3) is 0 Å². The molecule has 1 heterocycles. The van der Waals surface area contributed by atoms with E-state index in [1.54, 1.807) is 6.92 Å². The Hall–Kier alpha value is -1.31. The summed E-state index contributed by atoms with van der Waals surface area (Å²) in [5, 5.41) is 0. The molecule has 1 aromatic rings. The van der Waals surface area contributed by atoms with Crippen LogP contribution in [0, 0.1) is 26.7 Å². The van der Waals surface area contributed by atoms with Crippen molar-refractivity contribution < 1.29 is 9.53 Å². The number of rotatable bonds is 9. The molecule has 0 radical (unpaired) electrons. The first-order valence-electron chi connectivity index (χ1n) is 11.0. The standard InChI is InChI=1S/C25H40O2/c1-17(2)13-11-9-8-10-12-15-25(7)16-14-22-20(5)23(21(6)26)18(3)19(4)24(22)27-25/h17H,8-16H2,1-7H3. The van der Waals surface area contributed by atoms with Crippen molar-refractivity contribution in [2.24, 2.45) is 5.92 Å². The Bertz CT molecular complexity index is 672. The minimum Gasteiger partial charge on any atom is -0.487 e. The van der Waals surface area contributed by atoms with Crippen LogP contribution in [0.4, 0.5) is 0 Å². The molecule has 1 atom stereocenters. The van der Waals surface area contributed by atoms with Crippen molar-refractivity contribution in [3.63, 3.8) is 0 Å². The summed E-state index contributed by atoms with van der Waals surface area (Å²) >= 11 is 0. The molecule has 152 valence electrons. The summed E-state index contributed by atoms with van der Waals surface area (Å²) in [6.07, 6.45) is 11.2. The van der Waals surface area contributed by atoms with Gasteiger partial charge in [0.2, 0.25) is 0 Å². The fourth-order valence-corrected chi connectivity index (χ4v) is 4.60. The number of ketones is 1. The monoisotopic (exact) mass is 372 g/mol. The van der Waals surface area contributed by atoms with E-state index in [0.717, 1.165) is 53.2 Å². The van der Waals surface area contributed by atoms with Crippen LogP contribution < -0.4 is 4.74 Å². The lowest BCUT2D eigenvalue weighted by Gasteiger charge is -2.38. The van der Waals surface area contributed by atoms with E-state index in [1.807, 2.05) is 0 Å². The highest BCUT2D eigenvalue weighted by molar-refractivity contribution is 5.98. The van der Waals surface area contributed by atoms with Gasteiger partial charge in [-0.3, -0.25) is 4.79 Å². The highest BCUT2D eigenvalue weighted by Gasteiger charge is 2.34. The first-order chi connectivity index (χ1) is 12.7. The highest BCUT2D eigenvalue weighted by atomic mass is 16.5. The molecule has 1 aromatic carbocycles. The number of hydrogen-bond acceptors (Lipinski definition) is 2. The van der Waals surface area contributed by atoms with Crippen molar-refractivity contribution in [3.8, 4) is 5.75 Å². The maximum Gasteiger partial charge on any atom is 0.160 e. The predicted octanol–water partition coefficient (Wildman–Crippen LogP) is 7.28. The molecule has 0 saturated carbocycles. The number of carbonyl (C=O) groups excluding carboxylic acids is 1. The fourth-order valence-electron chi connectivity index (χ4n) is 4.60. The third kappa shape index (κ3) is 5.36. The molecule has 27 heavy (non-hydrogen) atoms. The van der Waals surface area contributed by atoms with Gasteiger partial charge in [-0.15, -0.1) is 0 Å². The SMILES string of the molecule is CC(=O)c1c(C)c(C)c2c(c1C)CCC(C)(CCCCCCCC(C)C)O2. The van der Waals surface area contributed by atoms with Crippen LogP contribution in [0.5, 0.6) is 5.75 Å². The summed E-state index contributed by atoms with van der Waals surface area (Å²) in [4.78, 5) is 12.1. The van der Waals surface area contributed by atoms with Gasteiger partial charge in [-0.2, -0.15) is 0 Å². The smallest absolute Gasteiger partial charge is 0.160 e. The van der Waals surface area contributed by atoms with Crippen LogP contribution in [-0.2, 0) is 6.42 Å². The molecule has 0 saturated heterocycles. The Labute approximate surface area is 167 Å². The zero-order chi connectivity index (χ0) is 20.2. The molecular formula is C25H40O2. The number of Topliss-reactive ketones (excluding diaryl/α,β-unsaturated/α-hetero) is 1. The number of benzene rings is 1. The molecule has 2 rings (SSSR count). The number of ether oxygens (including phenoxy) is 1. The molecule has 1 unspecified atom stereocenters. The van der Waals surface area contributed by atoms with Crippen LogP contribution in [0.15, 0.2) is 0 Å². The quantitative estimate of drug-likeness (QED) is 0.336. The number of unbranched alkanes of at least 4 members (excludes halogenated alkanes) is 4. The van der Waals surface area contributed by atoms with Crippen molar-refractivity contribution in [1.29, 1.82) is 0 Å². The second-order valence-electron chi connectivity index (χ2n) is 9.37. The van der Waals surface area contributed by atoms with Crippen LogP contribution in [0.2, 0.25) is 0 Å². The van der Waals surface area contributed by atoms with E-state index in [1.165, 1.54) is 44.1 Å². The molecule has 0 bridgehead atoms. The summed E-state index contributed by atoms with van der Waals surface area (Å²) < 4.78 is 6.59. The molecule has 2 nitrogen and oxygen atoms in total. The molecule has 0 fully saturated rings. The Morgan fingerprint density at radius 1 is 1.00 bits per heavy atom. The van der Waals surface area contributed by atoms with Gasteiger partial charge >= 0.3 is 0 Å². The molecule has 0 spiro atoms. The minimum atomic E-state index is -0.0632. The van der Waals surface area contributed by atoms with E-state index in [9.17, 15) is 4.79 Å². The third-order valence-electron chi connectivity index (χ3n) is 6.47. The van der Waals surface area contributed by atoms with E-state index >= 15 is 0 Å². The summed E-state index contributed by atoms with van der Waals surface area (Å²) in [5.41, 5.74) is 5.47. The summed E-state index contributed by atoms with van der Waals surface area (Å²) in [5.74, 6) is 2.06. The largest absolute Gasteiger partial charge is 0.487 e. The molecule has 0 amide bonds. The van der Waals surface area contributed by atoms with Gasteiger partial charge in [0, 0.05) is 5.56 Å². The summed E-state index contributed by atoms with van der Waals surface area (Å²) in [6.45, 7) is 14.8. The van der Waals surface area contributed by atoms with E-state index in [0.29, 0.717) is 0 Å². The summed E-state index contributed by atoms with van der Waals surface area (Å²) in [6, 6.07) is 0. The van der Waals surface area contributed by atoms with Gasteiger partial charge in [0.15, 0.2) is 5.78 Å². The van der Waals surface area contributed by atoms with Crippen molar-refractivity contribution >= 4 is 5.78 Å². The second kappa shape index (κ2) is 9.26. The average Bonchev–Trinajstić information content (AvgIpc) is 2.58. The zero-order valence-corrected chi connectivity index (χ0v) is 18.8. The van der Waals surface area contributed by atoms with E-state index < -0.39 is 0 Å².